The number of aryl methyl sites for hydroxylation is 2. The highest BCUT2D eigenvalue weighted by atomic mass is 16.5. The lowest BCUT2D eigenvalue weighted by atomic mass is 9.84. The van der Waals surface area contributed by atoms with Crippen LogP contribution in [0.15, 0.2) is 54.6 Å². The topological polar surface area (TPSA) is 59.4 Å². The molecule has 1 atom stereocenters. The van der Waals surface area contributed by atoms with Crippen molar-refractivity contribution >= 4 is 27.6 Å². The second kappa shape index (κ2) is 8.84. The molecule has 0 spiro atoms. The second-order valence-electron chi connectivity index (χ2n) is 10.3. The third kappa shape index (κ3) is 4.30. The van der Waals surface area contributed by atoms with E-state index >= 15 is 0 Å². The summed E-state index contributed by atoms with van der Waals surface area (Å²) in [5.74, 6) is -0.653. The number of hydrogen-bond acceptors (Lipinski definition) is 3. The van der Waals surface area contributed by atoms with Gasteiger partial charge < -0.3 is 9.84 Å². The highest BCUT2D eigenvalue weighted by Gasteiger charge is 2.32. The van der Waals surface area contributed by atoms with Gasteiger partial charge in [0, 0.05) is 16.6 Å². The fraction of sp³-hybridized carbons (Fsp3) is 0.333. The lowest BCUT2D eigenvalue weighted by molar-refractivity contribution is -0.160. The molecule has 4 nitrogen and oxygen atoms in total. The molecule has 0 unspecified atom stereocenters. The zero-order valence-electron chi connectivity index (χ0n) is 21.1. The van der Waals surface area contributed by atoms with Crippen molar-refractivity contribution in [3.05, 3.63) is 77.0 Å². The normalized spacial score (nSPS) is 13.1. The van der Waals surface area contributed by atoms with Crippen LogP contribution in [-0.4, -0.2) is 21.7 Å². The van der Waals surface area contributed by atoms with E-state index in [0.29, 0.717) is 17.2 Å². The summed E-state index contributed by atoms with van der Waals surface area (Å²) >= 11 is 0. The number of pyridine rings is 1. The average molecular weight is 456 g/mol. The molecule has 0 aliphatic carbocycles. The van der Waals surface area contributed by atoms with Crippen LogP contribution in [0.25, 0.3) is 32.8 Å². The summed E-state index contributed by atoms with van der Waals surface area (Å²) in [6.07, 6.45) is -1.14. The molecule has 0 aliphatic heterocycles. The second-order valence-corrected chi connectivity index (χ2v) is 10.3. The highest BCUT2D eigenvalue weighted by Crippen LogP contribution is 2.43. The van der Waals surface area contributed by atoms with Crippen molar-refractivity contribution < 1.29 is 14.6 Å². The molecular formula is C30H33NO3. The highest BCUT2D eigenvalue weighted by molar-refractivity contribution is 6.08. The van der Waals surface area contributed by atoms with Crippen LogP contribution in [0.2, 0.25) is 0 Å². The van der Waals surface area contributed by atoms with E-state index in [1.165, 1.54) is 16.5 Å². The molecule has 176 valence electrons. The van der Waals surface area contributed by atoms with Crippen LogP contribution in [0.5, 0.6) is 0 Å². The van der Waals surface area contributed by atoms with Crippen LogP contribution in [0, 0.1) is 13.8 Å². The van der Waals surface area contributed by atoms with Crippen molar-refractivity contribution in [2.24, 2.45) is 0 Å². The Morgan fingerprint density at radius 2 is 1.62 bits per heavy atom. The van der Waals surface area contributed by atoms with Gasteiger partial charge in [-0.05, 0) is 79.6 Å². The van der Waals surface area contributed by atoms with Crippen molar-refractivity contribution in [2.45, 2.75) is 66.1 Å². The predicted molar refractivity (Wildman–Crippen MR) is 139 cm³/mol. The minimum Gasteiger partial charge on any atom is -0.479 e. The van der Waals surface area contributed by atoms with Crippen molar-refractivity contribution in [3.8, 4) is 11.1 Å². The minimum atomic E-state index is -1.14. The summed E-state index contributed by atoms with van der Waals surface area (Å²) in [6, 6.07) is 18.6. The van der Waals surface area contributed by atoms with Crippen molar-refractivity contribution in [1.82, 2.24) is 4.98 Å². The molecule has 1 N–H and O–H groups in total. The maximum atomic E-state index is 12.6. The Morgan fingerprint density at radius 3 is 2.26 bits per heavy atom. The molecule has 4 rings (SSSR count). The molecule has 0 amide bonds. The summed E-state index contributed by atoms with van der Waals surface area (Å²) in [7, 11) is 0. The summed E-state index contributed by atoms with van der Waals surface area (Å²) in [4.78, 5) is 17.4. The van der Waals surface area contributed by atoms with E-state index in [1.54, 1.807) is 0 Å². The lowest BCUT2D eigenvalue weighted by Gasteiger charge is -2.28. The number of aromatic nitrogens is 1. The number of fused-ring (bicyclic) bond motifs is 2. The Bertz CT molecular complexity index is 1400. The standard InChI is InChI=1S/C30H33NO3/c1-17(2)20-15-16-22(21-13-10-11-18(3)25(20)21)27-23-12-8-9-14-24(23)31-19(4)26(27)28(29(32)33)34-30(5,6)7/h8-17,28H,1-7H3,(H,32,33)/t28-/m0/s1. The van der Waals surface area contributed by atoms with E-state index in [1.807, 2.05) is 52.0 Å². The summed E-state index contributed by atoms with van der Waals surface area (Å²) in [5, 5.41) is 13.5. The molecule has 1 heterocycles. The van der Waals surface area contributed by atoms with Gasteiger partial charge in [-0.2, -0.15) is 0 Å². The predicted octanol–water partition coefficient (Wildman–Crippen LogP) is 7.74. The Morgan fingerprint density at radius 1 is 0.941 bits per heavy atom. The number of carbonyl (C=O) groups is 1. The first-order chi connectivity index (χ1) is 16.0. The Kier molecular flexibility index (Phi) is 6.22. The van der Waals surface area contributed by atoms with Crippen molar-refractivity contribution in [3.63, 3.8) is 0 Å². The van der Waals surface area contributed by atoms with Gasteiger partial charge in [-0.1, -0.05) is 62.4 Å². The van der Waals surface area contributed by atoms with E-state index in [-0.39, 0.29) is 0 Å². The Hall–Kier alpha value is -3.24. The minimum absolute atomic E-state index is 0.365. The summed E-state index contributed by atoms with van der Waals surface area (Å²) < 4.78 is 6.14. The Balaban J connectivity index is 2.18. The van der Waals surface area contributed by atoms with Gasteiger partial charge in [0.1, 0.15) is 0 Å². The fourth-order valence-electron chi connectivity index (χ4n) is 4.87. The molecule has 0 fully saturated rings. The monoisotopic (exact) mass is 455 g/mol. The zero-order chi connectivity index (χ0) is 24.8. The lowest BCUT2D eigenvalue weighted by Crippen LogP contribution is -2.28. The maximum Gasteiger partial charge on any atom is 0.337 e. The number of carboxylic acid groups (broad SMARTS) is 1. The number of ether oxygens (including phenoxy) is 1. The number of rotatable bonds is 5. The smallest absolute Gasteiger partial charge is 0.337 e. The van der Waals surface area contributed by atoms with Crippen molar-refractivity contribution in [2.75, 3.05) is 0 Å². The van der Waals surface area contributed by atoms with Crippen LogP contribution in [0.1, 0.15) is 69.0 Å². The van der Waals surface area contributed by atoms with Gasteiger partial charge in [0.05, 0.1) is 11.1 Å². The third-order valence-corrected chi connectivity index (χ3v) is 6.25. The van der Waals surface area contributed by atoms with E-state index in [0.717, 1.165) is 27.4 Å². The molecule has 4 heteroatoms. The number of hydrogen-bond donors (Lipinski definition) is 1. The van der Waals surface area contributed by atoms with Crippen LogP contribution in [-0.2, 0) is 9.53 Å². The van der Waals surface area contributed by atoms with Gasteiger partial charge >= 0.3 is 5.97 Å². The molecule has 0 radical (unpaired) electrons. The fourth-order valence-corrected chi connectivity index (χ4v) is 4.87. The van der Waals surface area contributed by atoms with Crippen LogP contribution in [0.4, 0.5) is 0 Å². The molecule has 0 aliphatic rings. The number of benzene rings is 3. The van der Waals surface area contributed by atoms with E-state index in [2.05, 4.69) is 51.1 Å². The molecule has 3 aromatic carbocycles. The van der Waals surface area contributed by atoms with Gasteiger partial charge in [0.25, 0.3) is 0 Å². The first-order valence-electron chi connectivity index (χ1n) is 11.8. The Labute approximate surface area is 201 Å². The molecule has 34 heavy (non-hydrogen) atoms. The van der Waals surface area contributed by atoms with Gasteiger partial charge in [-0.15, -0.1) is 0 Å². The van der Waals surface area contributed by atoms with E-state index in [9.17, 15) is 9.90 Å². The van der Waals surface area contributed by atoms with Crippen molar-refractivity contribution in [1.29, 1.82) is 0 Å². The number of aliphatic carboxylic acids is 1. The largest absolute Gasteiger partial charge is 0.479 e. The van der Waals surface area contributed by atoms with Gasteiger partial charge in [-0.25, -0.2) is 4.79 Å². The SMILES string of the molecule is Cc1nc2ccccc2c(-c2ccc(C(C)C)c3c(C)cccc23)c1[C@H](OC(C)(C)C)C(=O)O. The molecule has 1 aromatic heterocycles. The molecule has 0 saturated heterocycles. The number of nitrogens with zero attached hydrogens (tertiary/aromatic N) is 1. The molecule has 0 bridgehead atoms. The summed E-state index contributed by atoms with van der Waals surface area (Å²) in [5.41, 5.74) is 5.86. The van der Waals surface area contributed by atoms with Gasteiger partial charge in [0.15, 0.2) is 6.10 Å². The average Bonchev–Trinajstić information content (AvgIpc) is 2.75. The maximum absolute atomic E-state index is 12.6. The number of para-hydroxylation sites is 1. The van der Waals surface area contributed by atoms with Crippen LogP contribution >= 0.6 is 0 Å². The quantitative estimate of drug-likeness (QED) is 0.334. The first kappa shape index (κ1) is 23.9. The third-order valence-electron chi connectivity index (χ3n) is 6.25. The molecule has 0 saturated carbocycles. The zero-order valence-corrected chi connectivity index (χ0v) is 21.1. The van der Waals surface area contributed by atoms with Gasteiger partial charge in [0.2, 0.25) is 0 Å². The van der Waals surface area contributed by atoms with Crippen LogP contribution < -0.4 is 0 Å². The number of carboxylic acids is 1. The van der Waals surface area contributed by atoms with Crippen LogP contribution in [0.3, 0.4) is 0 Å². The molecular weight excluding hydrogens is 422 g/mol. The van der Waals surface area contributed by atoms with E-state index in [4.69, 9.17) is 9.72 Å². The first-order valence-corrected chi connectivity index (χ1v) is 11.8. The van der Waals surface area contributed by atoms with Gasteiger partial charge in [-0.3, -0.25) is 4.98 Å². The van der Waals surface area contributed by atoms with E-state index < -0.39 is 17.7 Å². The summed E-state index contributed by atoms with van der Waals surface area (Å²) in [6.45, 7) is 14.1. The molecule has 4 aromatic rings.